The molecule has 0 saturated heterocycles. The Morgan fingerprint density at radius 3 is 1.81 bits per heavy atom. The van der Waals surface area contributed by atoms with E-state index in [0.717, 1.165) is 59.3 Å². The zero-order valence-corrected chi connectivity index (χ0v) is 39.6. The van der Waals surface area contributed by atoms with Crippen LogP contribution >= 0.6 is 23.2 Å². The summed E-state index contributed by atoms with van der Waals surface area (Å²) >= 11 is 13.7. The van der Waals surface area contributed by atoms with Crippen LogP contribution in [0, 0.1) is 0 Å². The van der Waals surface area contributed by atoms with Gasteiger partial charge < -0.3 is 66.0 Å². The number of pyridine rings is 1. The number of aromatic nitrogens is 1. The number of carbonyl (C=O) groups excluding carboxylic acids is 3. The Hall–Kier alpha value is -3.66. The van der Waals surface area contributed by atoms with Crippen molar-refractivity contribution in [3.63, 3.8) is 0 Å². The standard InChI is InChI=1S/C49H67Cl2N3O14/c50-37-24-30(25-53-49(18-19-49)36-26-52-20-15-34(36)35-6-2-3-7-43(35)68-33-11-12-33)38(51)23-29(37)5-1-4-8-44(63)54(21-16-31(57)9-13-39(59)45(64)47(66)41(61)27-55)22-17-32(58)10-14-40(60)46(65)48(67)42(62)28-56/h2-3,6-7,15,20,23-24,26,33,39-42,45-48,53,55-56,59-62,64-67H,1,4-5,8-14,16-19,21-22,25,27-28H2/t39-,40-,41+,42+,45+,46+,47+,48+/m1/s1. The molecule has 376 valence electrons. The number of rotatable bonds is 32. The molecular weight excluding hydrogens is 925 g/mol. The van der Waals surface area contributed by atoms with E-state index in [1.807, 2.05) is 42.6 Å². The van der Waals surface area contributed by atoms with E-state index in [4.69, 9.17) is 38.2 Å². The van der Waals surface area contributed by atoms with Crippen LogP contribution in [0.4, 0.5) is 0 Å². The second kappa shape index (κ2) is 26.5. The van der Waals surface area contributed by atoms with E-state index in [-0.39, 0.29) is 75.6 Å². The van der Waals surface area contributed by atoms with Gasteiger partial charge in [-0.3, -0.25) is 19.4 Å². The van der Waals surface area contributed by atoms with E-state index in [1.54, 1.807) is 6.20 Å². The molecule has 0 bridgehead atoms. The second-order valence-electron chi connectivity index (χ2n) is 18.0. The number of aryl methyl sites for hydroxylation is 1. The number of unbranched alkanes of at least 4 members (excludes halogenated alkanes) is 1. The number of hydrogen-bond acceptors (Lipinski definition) is 16. The van der Waals surface area contributed by atoms with Crippen molar-refractivity contribution in [1.82, 2.24) is 15.2 Å². The van der Waals surface area contributed by atoms with E-state index in [9.17, 15) is 55.2 Å². The Kier molecular flexibility index (Phi) is 21.6. The van der Waals surface area contributed by atoms with Crippen molar-refractivity contribution in [2.24, 2.45) is 0 Å². The van der Waals surface area contributed by atoms with Crippen molar-refractivity contribution >= 4 is 40.7 Å². The van der Waals surface area contributed by atoms with Gasteiger partial charge in [0.2, 0.25) is 5.91 Å². The van der Waals surface area contributed by atoms with Crippen molar-refractivity contribution in [3.8, 4) is 16.9 Å². The van der Waals surface area contributed by atoms with E-state index < -0.39 is 73.6 Å². The van der Waals surface area contributed by atoms with Crippen LogP contribution in [-0.4, -0.2) is 160 Å². The van der Waals surface area contributed by atoms with Gasteiger partial charge in [-0.15, -0.1) is 0 Å². The third kappa shape index (κ3) is 15.9. The molecule has 2 aliphatic rings. The lowest BCUT2D eigenvalue weighted by Crippen LogP contribution is -2.46. The van der Waals surface area contributed by atoms with Gasteiger partial charge in [0.1, 0.15) is 53.9 Å². The maximum Gasteiger partial charge on any atom is 0.222 e. The molecule has 0 spiro atoms. The van der Waals surface area contributed by atoms with Gasteiger partial charge in [0.05, 0.1) is 31.5 Å². The average Bonchev–Trinajstić information content (AvgIpc) is 4.30. The molecule has 2 fully saturated rings. The summed E-state index contributed by atoms with van der Waals surface area (Å²) in [5.41, 5.74) is 4.53. The number of para-hydroxylation sites is 1. The van der Waals surface area contributed by atoms with E-state index in [0.29, 0.717) is 35.9 Å². The predicted octanol–water partition coefficient (Wildman–Crippen LogP) is 2.27. The Bertz CT molecular complexity index is 2060. The number of nitrogens with one attached hydrogen (secondary N) is 1. The summed E-state index contributed by atoms with van der Waals surface area (Å²) in [6.45, 7) is -1.40. The molecular formula is C49H67Cl2N3O14. The van der Waals surface area contributed by atoms with E-state index >= 15 is 0 Å². The van der Waals surface area contributed by atoms with Gasteiger partial charge in [-0.1, -0.05) is 41.4 Å². The molecule has 1 heterocycles. The second-order valence-corrected chi connectivity index (χ2v) is 18.9. The minimum Gasteiger partial charge on any atom is -0.490 e. The number of hydrogen-bond donors (Lipinski definition) is 11. The summed E-state index contributed by atoms with van der Waals surface area (Å²) in [7, 11) is 0. The fraction of sp³-hybridized carbons (Fsp3) is 0.592. The van der Waals surface area contributed by atoms with E-state index in [1.165, 1.54) is 4.90 Å². The van der Waals surface area contributed by atoms with Crippen LogP contribution in [0.2, 0.25) is 10.0 Å². The normalized spacial score (nSPS) is 17.9. The van der Waals surface area contributed by atoms with Crippen LogP contribution in [-0.2, 0) is 32.9 Å². The molecule has 17 nitrogen and oxygen atoms in total. The monoisotopic (exact) mass is 991 g/mol. The number of amides is 1. The quantitative estimate of drug-likeness (QED) is 0.0400. The Labute approximate surface area is 406 Å². The van der Waals surface area contributed by atoms with Crippen LogP contribution < -0.4 is 10.1 Å². The Morgan fingerprint density at radius 2 is 1.25 bits per heavy atom. The number of benzene rings is 2. The first-order valence-electron chi connectivity index (χ1n) is 23.4. The minimum absolute atomic E-state index is 0.0668. The van der Waals surface area contributed by atoms with Crippen molar-refractivity contribution in [3.05, 3.63) is 81.6 Å². The molecule has 2 aliphatic carbocycles. The molecule has 19 heteroatoms. The predicted molar refractivity (Wildman–Crippen MR) is 252 cm³/mol. The first-order valence-corrected chi connectivity index (χ1v) is 24.1. The number of aliphatic hydroxyl groups is 10. The third-order valence-corrected chi connectivity index (χ3v) is 13.5. The number of aliphatic hydroxyl groups excluding tert-OH is 10. The fourth-order valence-corrected chi connectivity index (χ4v) is 8.55. The first-order chi connectivity index (χ1) is 32.5. The molecule has 0 radical (unpaired) electrons. The van der Waals surface area contributed by atoms with Crippen molar-refractivity contribution in [2.45, 2.75) is 157 Å². The Balaban J connectivity index is 1.14. The summed E-state index contributed by atoms with van der Waals surface area (Å²) in [6, 6.07) is 13.8. The zero-order valence-electron chi connectivity index (χ0n) is 38.1. The highest BCUT2D eigenvalue weighted by molar-refractivity contribution is 6.34. The molecule has 11 N–H and O–H groups in total. The number of carbonyl (C=O) groups is 3. The number of nitrogens with zero attached hydrogens (tertiary/aromatic N) is 2. The molecule has 0 aliphatic heterocycles. The van der Waals surface area contributed by atoms with Crippen molar-refractivity contribution in [1.29, 1.82) is 0 Å². The van der Waals surface area contributed by atoms with Crippen LogP contribution in [0.5, 0.6) is 5.75 Å². The zero-order chi connectivity index (χ0) is 49.5. The van der Waals surface area contributed by atoms with Gasteiger partial charge in [-0.2, -0.15) is 0 Å². The SMILES string of the molecule is O=C(CC[C@@H](O)[C@H](O)[C@@H](O)[C@@H](O)CO)CCN(CCC(=O)CC[C@@H](O)[C@H](O)[C@@H](O)[C@@H](O)CO)C(=O)CCCCc1cc(Cl)c(CNC2(c3cnccc3-c3ccccc3OC3CC3)CC2)cc1Cl. The molecule has 0 unspecified atom stereocenters. The van der Waals surface area contributed by atoms with Gasteiger partial charge in [-0.05, 0) is 104 Å². The van der Waals surface area contributed by atoms with Crippen molar-refractivity contribution in [2.75, 3.05) is 26.3 Å². The van der Waals surface area contributed by atoms with Crippen LogP contribution in [0.25, 0.3) is 11.1 Å². The van der Waals surface area contributed by atoms with Crippen molar-refractivity contribution < 1.29 is 70.2 Å². The molecule has 68 heavy (non-hydrogen) atoms. The average molecular weight is 993 g/mol. The summed E-state index contributed by atoms with van der Waals surface area (Å²) in [5, 5.41) is 102. The van der Waals surface area contributed by atoms with E-state index in [2.05, 4.69) is 16.4 Å². The van der Waals surface area contributed by atoms with Crippen LogP contribution in [0.1, 0.15) is 100 Å². The summed E-state index contributed by atoms with van der Waals surface area (Å²) < 4.78 is 6.25. The molecule has 3 aromatic rings. The molecule has 2 aromatic carbocycles. The lowest BCUT2D eigenvalue weighted by Gasteiger charge is -2.26. The minimum atomic E-state index is -1.85. The maximum absolute atomic E-state index is 13.6. The van der Waals surface area contributed by atoms with Gasteiger partial charge in [0.15, 0.2) is 0 Å². The highest BCUT2D eigenvalue weighted by Crippen LogP contribution is 2.50. The highest BCUT2D eigenvalue weighted by Gasteiger charge is 2.46. The number of ketones is 2. The lowest BCUT2D eigenvalue weighted by atomic mass is 9.94. The summed E-state index contributed by atoms with van der Waals surface area (Å²) in [4.78, 5) is 45.1. The van der Waals surface area contributed by atoms with Crippen LogP contribution in [0.15, 0.2) is 54.9 Å². The first kappa shape index (κ1) is 55.3. The summed E-state index contributed by atoms with van der Waals surface area (Å²) in [5.74, 6) is -0.260. The third-order valence-electron chi connectivity index (χ3n) is 12.8. The molecule has 5 rings (SSSR count). The number of halogens is 2. The topological polar surface area (TPSA) is 291 Å². The molecule has 1 amide bonds. The smallest absolute Gasteiger partial charge is 0.222 e. The maximum atomic E-state index is 13.6. The van der Waals surface area contributed by atoms with Gasteiger partial charge >= 0.3 is 0 Å². The highest BCUT2D eigenvalue weighted by atomic mass is 35.5. The number of ether oxygens (including phenoxy) is 1. The Morgan fingerprint density at radius 1 is 0.706 bits per heavy atom. The molecule has 8 atom stereocenters. The largest absolute Gasteiger partial charge is 0.490 e. The molecule has 2 saturated carbocycles. The van der Waals surface area contributed by atoms with Gasteiger partial charge in [-0.25, -0.2) is 0 Å². The fourth-order valence-electron chi connectivity index (χ4n) is 8.02. The molecule has 1 aromatic heterocycles. The van der Waals surface area contributed by atoms with Gasteiger partial charge in [0.25, 0.3) is 0 Å². The number of Topliss-reactive ketones (excluding diaryl/α,β-unsaturated/α-hetero) is 2. The summed E-state index contributed by atoms with van der Waals surface area (Å²) in [6.07, 6.45) is -5.81. The van der Waals surface area contributed by atoms with Crippen LogP contribution in [0.3, 0.4) is 0 Å². The lowest BCUT2D eigenvalue weighted by molar-refractivity contribution is -0.133. The van der Waals surface area contributed by atoms with Gasteiger partial charge in [0, 0.05) is 85.3 Å².